The van der Waals surface area contributed by atoms with Crippen molar-refractivity contribution < 1.29 is 19.4 Å². The molecule has 1 heterocycles. The van der Waals surface area contributed by atoms with E-state index in [1.54, 1.807) is 18.6 Å². The zero-order chi connectivity index (χ0) is 17.6. The molecular formula is C20H28O4. The molecule has 0 aromatic carbocycles. The van der Waals surface area contributed by atoms with Crippen molar-refractivity contribution in [1.82, 2.24) is 0 Å². The summed E-state index contributed by atoms with van der Waals surface area (Å²) in [7, 11) is 0. The number of fused-ring (bicyclic) bond motifs is 1. The number of ketones is 1. The van der Waals surface area contributed by atoms with Gasteiger partial charge in [0.1, 0.15) is 0 Å². The minimum absolute atomic E-state index is 0.0241. The van der Waals surface area contributed by atoms with Gasteiger partial charge in [0.05, 0.1) is 18.1 Å². The maximum absolute atomic E-state index is 12.8. The molecule has 0 unspecified atom stereocenters. The fraction of sp³-hybridized carbons (Fsp3) is 0.650. The smallest absolute Gasteiger partial charge is 0.160 e. The first kappa shape index (κ1) is 17.4. The highest BCUT2D eigenvalue weighted by molar-refractivity contribution is 5.95. The van der Waals surface area contributed by atoms with E-state index in [4.69, 9.17) is 4.42 Å². The number of rotatable bonds is 4. The van der Waals surface area contributed by atoms with Crippen molar-refractivity contribution in [2.75, 3.05) is 6.61 Å². The van der Waals surface area contributed by atoms with E-state index < -0.39 is 16.4 Å². The van der Waals surface area contributed by atoms with E-state index in [0.29, 0.717) is 12.8 Å². The molecule has 4 atom stereocenters. The normalized spacial score (nSPS) is 39.5. The summed E-state index contributed by atoms with van der Waals surface area (Å²) in [4.78, 5) is 12.8. The van der Waals surface area contributed by atoms with Crippen LogP contribution in [0.2, 0.25) is 0 Å². The Morgan fingerprint density at radius 2 is 2.08 bits per heavy atom. The first-order valence-electron chi connectivity index (χ1n) is 8.84. The lowest BCUT2D eigenvalue weighted by molar-refractivity contribution is -0.171. The highest BCUT2D eigenvalue weighted by Crippen LogP contribution is 2.61. The van der Waals surface area contributed by atoms with Gasteiger partial charge in [-0.05, 0) is 55.9 Å². The average molecular weight is 332 g/mol. The largest absolute Gasteiger partial charge is 0.472 e. The Balaban J connectivity index is 2.01. The summed E-state index contributed by atoms with van der Waals surface area (Å²) < 4.78 is 5.13. The summed E-state index contributed by atoms with van der Waals surface area (Å²) in [6.45, 7) is 5.86. The molecule has 2 N–H and O–H groups in total. The Hall–Kier alpha value is -1.39. The monoisotopic (exact) mass is 332 g/mol. The molecule has 132 valence electrons. The first-order valence-corrected chi connectivity index (χ1v) is 8.84. The molecule has 3 rings (SSSR count). The highest BCUT2D eigenvalue weighted by atomic mass is 16.3. The second kappa shape index (κ2) is 5.85. The number of carbonyl (C=O) groups excluding carboxylic acids is 1. The first-order chi connectivity index (χ1) is 11.3. The van der Waals surface area contributed by atoms with Gasteiger partial charge >= 0.3 is 0 Å². The van der Waals surface area contributed by atoms with Crippen molar-refractivity contribution in [3.8, 4) is 0 Å². The van der Waals surface area contributed by atoms with Crippen LogP contribution in [0.1, 0.15) is 52.0 Å². The minimum Gasteiger partial charge on any atom is -0.472 e. The third kappa shape index (κ3) is 2.39. The van der Waals surface area contributed by atoms with E-state index in [9.17, 15) is 15.0 Å². The molecule has 0 bridgehead atoms. The molecule has 4 heteroatoms. The Labute approximate surface area is 143 Å². The van der Waals surface area contributed by atoms with Crippen LogP contribution < -0.4 is 0 Å². The van der Waals surface area contributed by atoms with Crippen LogP contribution in [-0.4, -0.2) is 28.2 Å². The van der Waals surface area contributed by atoms with Crippen LogP contribution in [0.4, 0.5) is 0 Å². The molecule has 4 nitrogen and oxygen atoms in total. The topological polar surface area (TPSA) is 70.7 Å². The lowest BCUT2D eigenvalue weighted by Crippen LogP contribution is -2.63. The Morgan fingerprint density at radius 1 is 1.33 bits per heavy atom. The summed E-state index contributed by atoms with van der Waals surface area (Å²) in [5.41, 5.74) is -0.265. The molecule has 0 saturated heterocycles. The Bertz CT molecular complexity index is 647. The second-order valence-corrected chi connectivity index (χ2v) is 8.24. The van der Waals surface area contributed by atoms with Crippen LogP contribution in [0.15, 0.2) is 34.7 Å². The molecule has 2 aliphatic carbocycles. The van der Waals surface area contributed by atoms with Gasteiger partial charge in [0.25, 0.3) is 0 Å². The summed E-state index contributed by atoms with van der Waals surface area (Å²) in [5.74, 6) is -0.291. The van der Waals surface area contributed by atoms with E-state index in [1.807, 2.05) is 26.8 Å². The van der Waals surface area contributed by atoms with Crippen molar-refractivity contribution >= 4 is 5.78 Å². The molecule has 1 fully saturated rings. The summed E-state index contributed by atoms with van der Waals surface area (Å²) in [6.07, 6.45) is 8.74. The predicted octanol–water partition coefficient (Wildman–Crippen LogP) is 3.28. The average Bonchev–Trinajstić information content (AvgIpc) is 3.04. The van der Waals surface area contributed by atoms with Gasteiger partial charge in [-0.15, -0.1) is 0 Å². The molecule has 0 spiro atoms. The number of aliphatic hydroxyl groups excluding tert-OH is 1. The number of allylic oxidation sites excluding steroid dienone is 1. The zero-order valence-corrected chi connectivity index (χ0v) is 14.8. The van der Waals surface area contributed by atoms with Crippen LogP contribution in [0.5, 0.6) is 0 Å². The fourth-order valence-corrected chi connectivity index (χ4v) is 5.30. The van der Waals surface area contributed by atoms with E-state index >= 15 is 0 Å². The van der Waals surface area contributed by atoms with Crippen molar-refractivity contribution in [1.29, 1.82) is 0 Å². The third-order valence-corrected chi connectivity index (χ3v) is 6.74. The number of furan rings is 1. The molecule has 2 aliphatic rings. The van der Waals surface area contributed by atoms with Gasteiger partial charge in [-0.2, -0.15) is 0 Å². The van der Waals surface area contributed by atoms with Gasteiger partial charge in [0.2, 0.25) is 0 Å². The second-order valence-electron chi connectivity index (χ2n) is 8.24. The van der Waals surface area contributed by atoms with Gasteiger partial charge in [-0.25, -0.2) is 0 Å². The van der Waals surface area contributed by atoms with Crippen LogP contribution in [0.3, 0.4) is 0 Å². The third-order valence-electron chi connectivity index (χ3n) is 6.74. The summed E-state index contributed by atoms with van der Waals surface area (Å²) in [5, 5.41) is 21.7. The number of aryl methyl sites for hydroxylation is 1. The van der Waals surface area contributed by atoms with E-state index in [2.05, 4.69) is 0 Å². The summed E-state index contributed by atoms with van der Waals surface area (Å²) >= 11 is 0. The van der Waals surface area contributed by atoms with Gasteiger partial charge in [0.15, 0.2) is 5.78 Å². The number of carbonyl (C=O) groups is 1. The molecule has 1 aromatic heterocycles. The predicted molar refractivity (Wildman–Crippen MR) is 91.4 cm³/mol. The maximum atomic E-state index is 12.8. The van der Waals surface area contributed by atoms with Crippen molar-refractivity contribution in [2.45, 2.75) is 58.5 Å². The van der Waals surface area contributed by atoms with Crippen LogP contribution in [0, 0.1) is 16.7 Å². The van der Waals surface area contributed by atoms with E-state index in [-0.39, 0.29) is 18.3 Å². The molecule has 0 radical (unpaired) electrons. The standard InChI is InChI=1S/C20H28O4/c1-14-11-16(22)17-18(2,13-21)7-4-8-19(17,3)20(14,23)9-5-15-6-10-24-12-15/h6,10-12,17,21,23H,4-5,7-9,13H2,1-3H3/t17-,18+,19-,20+/m0/s1. The highest BCUT2D eigenvalue weighted by Gasteiger charge is 2.62. The van der Waals surface area contributed by atoms with Crippen molar-refractivity contribution in [3.05, 3.63) is 35.8 Å². The molecule has 1 aromatic rings. The van der Waals surface area contributed by atoms with Gasteiger partial charge in [-0.1, -0.05) is 20.3 Å². The van der Waals surface area contributed by atoms with Crippen LogP contribution in [-0.2, 0) is 11.2 Å². The molecule has 24 heavy (non-hydrogen) atoms. The molecule has 1 saturated carbocycles. The maximum Gasteiger partial charge on any atom is 0.160 e. The van der Waals surface area contributed by atoms with Crippen LogP contribution in [0.25, 0.3) is 0 Å². The van der Waals surface area contributed by atoms with Crippen molar-refractivity contribution in [2.24, 2.45) is 16.7 Å². The minimum atomic E-state index is -1.04. The van der Waals surface area contributed by atoms with E-state index in [0.717, 1.165) is 30.4 Å². The molecular weight excluding hydrogens is 304 g/mol. The van der Waals surface area contributed by atoms with Crippen LogP contribution >= 0.6 is 0 Å². The van der Waals surface area contributed by atoms with E-state index in [1.165, 1.54) is 0 Å². The summed E-state index contributed by atoms with van der Waals surface area (Å²) in [6, 6.07) is 1.91. The molecule has 0 amide bonds. The zero-order valence-electron chi connectivity index (χ0n) is 14.8. The number of aliphatic hydroxyl groups is 2. The lowest BCUT2D eigenvalue weighted by Gasteiger charge is -2.59. The molecule has 0 aliphatic heterocycles. The number of hydrogen-bond donors (Lipinski definition) is 2. The fourth-order valence-electron chi connectivity index (χ4n) is 5.30. The van der Waals surface area contributed by atoms with Gasteiger partial charge < -0.3 is 14.6 Å². The van der Waals surface area contributed by atoms with Gasteiger partial charge in [0, 0.05) is 23.4 Å². The van der Waals surface area contributed by atoms with Gasteiger partial charge in [-0.3, -0.25) is 4.79 Å². The van der Waals surface area contributed by atoms with Crippen molar-refractivity contribution in [3.63, 3.8) is 0 Å². The Kier molecular flexibility index (Phi) is 4.25. The lowest BCUT2D eigenvalue weighted by atomic mass is 9.46. The quantitative estimate of drug-likeness (QED) is 0.888. The SMILES string of the molecule is CC1=CC(=O)[C@H]2[C@@](C)(CO)CCC[C@]2(C)[C@@]1(O)CCc1ccoc1. The Morgan fingerprint density at radius 3 is 2.71 bits per heavy atom. The number of hydrogen-bond acceptors (Lipinski definition) is 4.